The van der Waals surface area contributed by atoms with E-state index in [9.17, 15) is 69.5 Å². The van der Waals surface area contributed by atoms with Crippen LogP contribution in [0.25, 0.3) is 0 Å². The number of hydrogen-bond donors (Lipinski definition) is 0. The molecule has 240 valence electrons. The molecule has 2 aromatic rings. The fourth-order valence-electron chi connectivity index (χ4n) is 2.74. The van der Waals surface area contributed by atoms with Gasteiger partial charge in [-0.25, -0.2) is 0 Å². The van der Waals surface area contributed by atoms with Gasteiger partial charge in [0.15, 0.2) is 11.4 Å². The summed E-state index contributed by atoms with van der Waals surface area (Å²) in [4.78, 5) is 0. The van der Waals surface area contributed by atoms with E-state index < -0.39 is 66.0 Å². The summed E-state index contributed by atoms with van der Waals surface area (Å²) < 4.78 is 212. The molecule has 0 saturated carbocycles. The zero-order valence-electron chi connectivity index (χ0n) is 20.4. The zero-order valence-corrected chi connectivity index (χ0v) is 22.1. The van der Waals surface area contributed by atoms with Gasteiger partial charge < -0.3 is 9.47 Å². The number of halogens is 12. The Morgan fingerprint density at radius 2 is 0.814 bits per heavy atom. The SMILES string of the molecule is O=S(=O)(N=C(c1ccc(OCCCOc2ccc(C(=NS(=O)(=O)C(F)(F)F)C(F)(F)F)cc2)cc1)C(F)(F)F)C(F)(F)F. The molecule has 0 aromatic heterocycles. The van der Waals surface area contributed by atoms with Crippen molar-refractivity contribution >= 4 is 31.5 Å². The number of hydrogen-bond acceptors (Lipinski definition) is 6. The van der Waals surface area contributed by atoms with E-state index in [2.05, 4.69) is 0 Å². The normalized spacial score (nSPS) is 14.5. The van der Waals surface area contributed by atoms with Crippen molar-refractivity contribution in [1.29, 1.82) is 0 Å². The molecule has 0 spiro atoms. The quantitative estimate of drug-likeness (QED) is 0.174. The van der Waals surface area contributed by atoms with Gasteiger partial charge in [-0.1, -0.05) is 0 Å². The molecule has 0 aliphatic heterocycles. The van der Waals surface area contributed by atoms with Crippen molar-refractivity contribution in [2.75, 3.05) is 13.2 Å². The molecular formula is C21H14F12N2O6S2. The highest BCUT2D eigenvalue weighted by molar-refractivity contribution is 7.91. The highest BCUT2D eigenvalue weighted by atomic mass is 32.2. The lowest BCUT2D eigenvalue weighted by Gasteiger charge is -2.13. The molecule has 2 rings (SSSR count). The van der Waals surface area contributed by atoms with Crippen LogP contribution in [0.5, 0.6) is 11.5 Å². The maximum Gasteiger partial charge on any atom is 0.518 e. The van der Waals surface area contributed by atoms with Crippen molar-refractivity contribution in [1.82, 2.24) is 0 Å². The molecule has 0 unspecified atom stereocenters. The van der Waals surface area contributed by atoms with E-state index in [0.29, 0.717) is 24.3 Å². The molecule has 22 heteroatoms. The first kappa shape index (κ1) is 35.6. The number of ether oxygens (including phenoxy) is 2. The summed E-state index contributed by atoms with van der Waals surface area (Å²) in [5, 5.41) is 0. The van der Waals surface area contributed by atoms with Crippen LogP contribution in [0, 0.1) is 0 Å². The third-order valence-electron chi connectivity index (χ3n) is 4.63. The minimum Gasteiger partial charge on any atom is -0.493 e. The molecule has 0 saturated heterocycles. The highest BCUT2D eigenvalue weighted by Gasteiger charge is 2.50. The van der Waals surface area contributed by atoms with Gasteiger partial charge in [0, 0.05) is 17.5 Å². The van der Waals surface area contributed by atoms with Crippen LogP contribution >= 0.6 is 0 Å². The molecule has 0 fully saturated rings. The maximum absolute atomic E-state index is 13.1. The van der Waals surface area contributed by atoms with Crippen LogP contribution in [-0.2, 0) is 20.0 Å². The average Bonchev–Trinajstić information content (AvgIpc) is 2.84. The second kappa shape index (κ2) is 12.6. The second-order valence-corrected chi connectivity index (χ2v) is 11.0. The first-order chi connectivity index (χ1) is 19.4. The van der Waals surface area contributed by atoms with Crippen molar-refractivity contribution < 1.29 is 79.0 Å². The van der Waals surface area contributed by atoms with Crippen LogP contribution < -0.4 is 9.47 Å². The Labute approximate surface area is 233 Å². The van der Waals surface area contributed by atoms with Gasteiger partial charge in [0.1, 0.15) is 11.5 Å². The molecule has 0 aliphatic carbocycles. The van der Waals surface area contributed by atoms with Crippen molar-refractivity contribution in [3.05, 3.63) is 59.7 Å². The Balaban J connectivity index is 2.02. The number of rotatable bonds is 10. The largest absolute Gasteiger partial charge is 0.518 e. The van der Waals surface area contributed by atoms with Gasteiger partial charge in [0.05, 0.1) is 13.2 Å². The molecular weight excluding hydrogens is 668 g/mol. The Morgan fingerprint density at radius 1 is 0.535 bits per heavy atom. The summed E-state index contributed by atoms with van der Waals surface area (Å²) in [5.74, 6) is -0.220. The summed E-state index contributed by atoms with van der Waals surface area (Å²) in [5.41, 5.74) is -18.8. The third-order valence-corrected chi connectivity index (χ3v) is 6.64. The lowest BCUT2D eigenvalue weighted by Crippen LogP contribution is -2.29. The van der Waals surface area contributed by atoms with Crippen LogP contribution in [0.1, 0.15) is 17.5 Å². The van der Waals surface area contributed by atoms with Gasteiger partial charge in [0.25, 0.3) is 0 Å². The first-order valence-electron chi connectivity index (χ1n) is 10.8. The highest BCUT2D eigenvalue weighted by Crippen LogP contribution is 2.31. The van der Waals surface area contributed by atoms with Crippen molar-refractivity contribution in [3.63, 3.8) is 0 Å². The smallest absolute Gasteiger partial charge is 0.493 e. The monoisotopic (exact) mass is 682 g/mol. The maximum atomic E-state index is 13.1. The predicted octanol–water partition coefficient (Wildman–Crippen LogP) is 5.94. The fourth-order valence-corrected chi connectivity index (χ4v) is 3.84. The molecule has 43 heavy (non-hydrogen) atoms. The van der Waals surface area contributed by atoms with Crippen LogP contribution in [-0.4, -0.2) is 64.8 Å². The standard InChI is InChI=1S/C21H14F12N2O6S2/c22-18(23,24)16(34-42(36,37)20(28,29)30)12-2-6-14(7-3-12)40-10-1-11-41-15-8-4-13(5-9-15)17(19(25,26)27)35-43(38,39)21(31,32)33/h2-9H,1,10-11H2. The molecule has 0 aliphatic rings. The van der Waals surface area contributed by atoms with E-state index in [0.717, 1.165) is 24.3 Å². The van der Waals surface area contributed by atoms with Gasteiger partial charge in [-0.05, 0) is 48.5 Å². The Morgan fingerprint density at radius 3 is 1.05 bits per heavy atom. The average molecular weight is 682 g/mol. The van der Waals surface area contributed by atoms with E-state index in [-0.39, 0.29) is 31.1 Å². The van der Waals surface area contributed by atoms with E-state index in [1.165, 1.54) is 0 Å². The summed E-state index contributed by atoms with van der Waals surface area (Å²) in [6.45, 7) is -0.388. The van der Waals surface area contributed by atoms with Crippen LogP contribution in [0.3, 0.4) is 0 Å². The second-order valence-electron chi connectivity index (χ2n) is 7.82. The van der Waals surface area contributed by atoms with Gasteiger partial charge in [-0.3, -0.25) is 0 Å². The Bertz CT molecular complexity index is 1420. The number of benzene rings is 2. The lowest BCUT2D eigenvalue weighted by molar-refractivity contribution is -0.0594. The Kier molecular flexibility index (Phi) is 10.4. The molecule has 0 N–H and O–H groups in total. The lowest BCUT2D eigenvalue weighted by atomic mass is 10.1. The number of nitrogens with zero attached hydrogens (tertiary/aromatic N) is 2. The van der Waals surface area contributed by atoms with E-state index in [4.69, 9.17) is 9.47 Å². The summed E-state index contributed by atoms with van der Waals surface area (Å²) in [6, 6.07) is 5.89. The molecule has 0 radical (unpaired) electrons. The Hall–Kier alpha value is -3.56. The summed E-state index contributed by atoms with van der Waals surface area (Å²) in [6.07, 6.45) is -11.1. The van der Waals surface area contributed by atoms with Crippen molar-refractivity contribution in [3.8, 4) is 11.5 Å². The van der Waals surface area contributed by atoms with Gasteiger partial charge in [-0.2, -0.15) is 78.3 Å². The molecule has 2 aromatic carbocycles. The minimum atomic E-state index is -6.51. The molecule has 0 atom stereocenters. The van der Waals surface area contributed by atoms with Crippen LogP contribution in [0.15, 0.2) is 57.3 Å². The van der Waals surface area contributed by atoms with Gasteiger partial charge in [-0.15, -0.1) is 0 Å². The van der Waals surface area contributed by atoms with Gasteiger partial charge >= 0.3 is 43.4 Å². The number of sulfonamides is 2. The number of alkyl halides is 12. The fraction of sp³-hybridized carbons (Fsp3) is 0.333. The molecule has 0 heterocycles. The van der Waals surface area contributed by atoms with E-state index in [1.54, 1.807) is 0 Å². The van der Waals surface area contributed by atoms with E-state index >= 15 is 0 Å². The van der Waals surface area contributed by atoms with Crippen LogP contribution in [0.4, 0.5) is 52.7 Å². The topological polar surface area (TPSA) is 111 Å². The van der Waals surface area contributed by atoms with Gasteiger partial charge in [0.2, 0.25) is 0 Å². The zero-order chi connectivity index (χ0) is 33.1. The van der Waals surface area contributed by atoms with E-state index in [1.807, 2.05) is 8.80 Å². The molecule has 0 amide bonds. The molecule has 0 bridgehead atoms. The van der Waals surface area contributed by atoms with Crippen LogP contribution in [0.2, 0.25) is 0 Å². The summed E-state index contributed by atoms with van der Waals surface area (Å²) in [7, 11) is -13.0. The van der Waals surface area contributed by atoms with Crippen molar-refractivity contribution in [2.45, 2.75) is 29.8 Å². The minimum absolute atomic E-state index is 0.0294. The molecule has 8 nitrogen and oxygen atoms in total. The summed E-state index contributed by atoms with van der Waals surface area (Å²) >= 11 is 0. The van der Waals surface area contributed by atoms with Crippen molar-refractivity contribution in [2.24, 2.45) is 8.80 Å². The first-order valence-corrected chi connectivity index (χ1v) is 13.7. The third kappa shape index (κ3) is 9.73. The predicted molar refractivity (Wildman–Crippen MR) is 124 cm³/mol.